The Hall–Kier alpha value is -0.830. The van der Waals surface area contributed by atoms with E-state index in [1.54, 1.807) is 19.4 Å². The summed E-state index contributed by atoms with van der Waals surface area (Å²) in [5, 5.41) is 0.0945. The standard InChI is InChI=1S/C11H17ClN2O/c1-8(2)6-9(12)7-10-13-5-4-11(14-10)15-3/h4-5,8-9H,6-7H2,1-3H3. The summed E-state index contributed by atoms with van der Waals surface area (Å²) >= 11 is 6.19. The second kappa shape index (κ2) is 5.91. The van der Waals surface area contributed by atoms with Gasteiger partial charge in [-0.2, -0.15) is 4.98 Å². The first-order valence-electron chi connectivity index (χ1n) is 5.11. The fourth-order valence-corrected chi connectivity index (χ4v) is 1.88. The number of ether oxygens (including phenoxy) is 1. The summed E-state index contributed by atoms with van der Waals surface area (Å²) in [7, 11) is 1.60. The normalized spacial score (nSPS) is 12.9. The highest BCUT2D eigenvalue weighted by molar-refractivity contribution is 6.20. The average Bonchev–Trinajstić information content (AvgIpc) is 2.16. The third-order valence-corrected chi connectivity index (χ3v) is 2.35. The van der Waals surface area contributed by atoms with Gasteiger partial charge in [-0.05, 0) is 12.3 Å². The quantitative estimate of drug-likeness (QED) is 0.727. The molecule has 0 spiro atoms. The van der Waals surface area contributed by atoms with Crippen molar-refractivity contribution in [3.8, 4) is 5.88 Å². The maximum absolute atomic E-state index is 6.19. The van der Waals surface area contributed by atoms with Crippen molar-refractivity contribution in [2.75, 3.05) is 7.11 Å². The molecule has 0 aliphatic rings. The molecular weight excluding hydrogens is 212 g/mol. The summed E-state index contributed by atoms with van der Waals surface area (Å²) in [5.41, 5.74) is 0. The first kappa shape index (κ1) is 12.2. The lowest BCUT2D eigenvalue weighted by Crippen LogP contribution is -2.10. The van der Waals surface area contributed by atoms with E-state index < -0.39 is 0 Å². The van der Waals surface area contributed by atoms with Crippen LogP contribution in [0, 0.1) is 5.92 Å². The number of methoxy groups -OCH3 is 1. The smallest absolute Gasteiger partial charge is 0.216 e. The molecule has 3 nitrogen and oxygen atoms in total. The van der Waals surface area contributed by atoms with E-state index in [-0.39, 0.29) is 5.38 Å². The highest BCUT2D eigenvalue weighted by Gasteiger charge is 2.10. The highest BCUT2D eigenvalue weighted by atomic mass is 35.5. The topological polar surface area (TPSA) is 35.0 Å². The lowest BCUT2D eigenvalue weighted by Gasteiger charge is -2.10. The molecule has 15 heavy (non-hydrogen) atoms. The van der Waals surface area contributed by atoms with Gasteiger partial charge < -0.3 is 4.74 Å². The van der Waals surface area contributed by atoms with Crippen LogP contribution in [0.5, 0.6) is 5.88 Å². The fraction of sp³-hybridized carbons (Fsp3) is 0.636. The Labute approximate surface area is 95.8 Å². The van der Waals surface area contributed by atoms with Crippen molar-refractivity contribution in [1.82, 2.24) is 9.97 Å². The Morgan fingerprint density at radius 3 is 2.80 bits per heavy atom. The minimum Gasteiger partial charge on any atom is -0.481 e. The van der Waals surface area contributed by atoms with E-state index in [0.29, 0.717) is 18.2 Å². The number of nitrogens with zero attached hydrogens (tertiary/aromatic N) is 2. The monoisotopic (exact) mass is 228 g/mol. The molecule has 0 aromatic carbocycles. The maximum atomic E-state index is 6.19. The predicted molar refractivity (Wildman–Crippen MR) is 61.4 cm³/mol. The Morgan fingerprint density at radius 2 is 2.20 bits per heavy atom. The molecule has 4 heteroatoms. The Bertz CT molecular complexity index is 304. The van der Waals surface area contributed by atoms with Gasteiger partial charge in [0.25, 0.3) is 0 Å². The van der Waals surface area contributed by atoms with Crippen LogP contribution in [0.15, 0.2) is 12.3 Å². The summed E-state index contributed by atoms with van der Waals surface area (Å²) in [5.74, 6) is 1.93. The SMILES string of the molecule is COc1ccnc(CC(Cl)CC(C)C)n1. The van der Waals surface area contributed by atoms with E-state index in [9.17, 15) is 0 Å². The van der Waals surface area contributed by atoms with E-state index >= 15 is 0 Å². The van der Waals surface area contributed by atoms with Crippen molar-refractivity contribution >= 4 is 11.6 Å². The van der Waals surface area contributed by atoms with Crippen molar-refractivity contribution < 1.29 is 4.74 Å². The van der Waals surface area contributed by atoms with Crippen LogP contribution in [0.4, 0.5) is 0 Å². The molecule has 0 amide bonds. The zero-order chi connectivity index (χ0) is 11.3. The number of rotatable bonds is 5. The van der Waals surface area contributed by atoms with E-state index in [2.05, 4.69) is 23.8 Å². The van der Waals surface area contributed by atoms with Crippen molar-refractivity contribution in [1.29, 1.82) is 0 Å². The Kier molecular flexibility index (Phi) is 4.82. The molecular formula is C11H17ClN2O. The van der Waals surface area contributed by atoms with E-state index in [4.69, 9.17) is 16.3 Å². The molecule has 1 unspecified atom stereocenters. The largest absolute Gasteiger partial charge is 0.481 e. The van der Waals surface area contributed by atoms with Gasteiger partial charge in [0.1, 0.15) is 5.82 Å². The maximum Gasteiger partial charge on any atom is 0.216 e. The highest BCUT2D eigenvalue weighted by Crippen LogP contribution is 2.15. The molecule has 0 saturated carbocycles. The van der Waals surface area contributed by atoms with Crippen molar-refractivity contribution in [2.45, 2.75) is 32.1 Å². The number of halogens is 1. The summed E-state index contributed by atoms with van der Waals surface area (Å²) in [6.45, 7) is 4.31. The van der Waals surface area contributed by atoms with Crippen LogP contribution in [0.2, 0.25) is 0 Å². The van der Waals surface area contributed by atoms with Gasteiger partial charge in [-0.3, -0.25) is 0 Å². The van der Waals surface area contributed by atoms with Crippen molar-refractivity contribution in [3.05, 3.63) is 18.1 Å². The molecule has 1 rings (SSSR count). The van der Waals surface area contributed by atoms with Crippen LogP contribution in [0.1, 0.15) is 26.1 Å². The summed E-state index contributed by atoms with van der Waals surface area (Å²) < 4.78 is 5.02. The molecule has 84 valence electrons. The number of hydrogen-bond acceptors (Lipinski definition) is 3. The van der Waals surface area contributed by atoms with Crippen LogP contribution in [0.3, 0.4) is 0 Å². The molecule has 1 aromatic heterocycles. The lowest BCUT2D eigenvalue weighted by atomic mass is 10.1. The van der Waals surface area contributed by atoms with Gasteiger partial charge in [-0.15, -0.1) is 11.6 Å². The summed E-state index contributed by atoms with van der Waals surface area (Å²) in [6.07, 6.45) is 3.36. The second-order valence-electron chi connectivity index (χ2n) is 3.95. The minimum atomic E-state index is 0.0945. The third-order valence-electron chi connectivity index (χ3n) is 2.02. The number of hydrogen-bond donors (Lipinski definition) is 0. The Morgan fingerprint density at radius 1 is 1.47 bits per heavy atom. The minimum absolute atomic E-state index is 0.0945. The van der Waals surface area contributed by atoms with Crippen LogP contribution in [-0.4, -0.2) is 22.5 Å². The van der Waals surface area contributed by atoms with Gasteiger partial charge in [0.05, 0.1) is 7.11 Å². The zero-order valence-electron chi connectivity index (χ0n) is 9.40. The molecule has 1 atom stereocenters. The van der Waals surface area contributed by atoms with E-state index in [0.717, 1.165) is 12.2 Å². The van der Waals surface area contributed by atoms with E-state index in [1.807, 2.05) is 0 Å². The molecule has 0 aliphatic carbocycles. The average molecular weight is 229 g/mol. The van der Waals surface area contributed by atoms with Crippen molar-refractivity contribution in [2.24, 2.45) is 5.92 Å². The molecule has 0 N–H and O–H groups in total. The van der Waals surface area contributed by atoms with Crippen LogP contribution in [0.25, 0.3) is 0 Å². The molecule has 0 fully saturated rings. The van der Waals surface area contributed by atoms with Crippen LogP contribution < -0.4 is 4.74 Å². The number of alkyl halides is 1. The molecule has 1 aromatic rings. The summed E-state index contributed by atoms with van der Waals surface area (Å²) in [6, 6.07) is 1.73. The van der Waals surface area contributed by atoms with Crippen LogP contribution >= 0.6 is 11.6 Å². The van der Waals surface area contributed by atoms with Crippen molar-refractivity contribution in [3.63, 3.8) is 0 Å². The second-order valence-corrected chi connectivity index (χ2v) is 4.56. The lowest BCUT2D eigenvalue weighted by molar-refractivity contribution is 0.394. The summed E-state index contributed by atoms with van der Waals surface area (Å²) in [4.78, 5) is 8.38. The van der Waals surface area contributed by atoms with Gasteiger partial charge in [-0.1, -0.05) is 13.8 Å². The van der Waals surface area contributed by atoms with Gasteiger partial charge >= 0.3 is 0 Å². The third kappa shape index (κ3) is 4.47. The van der Waals surface area contributed by atoms with Crippen LogP contribution in [-0.2, 0) is 6.42 Å². The van der Waals surface area contributed by atoms with Gasteiger partial charge in [0.15, 0.2) is 0 Å². The predicted octanol–water partition coefficient (Wildman–Crippen LogP) is 2.68. The van der Waals surface area contributed by atoms with E-state index in [1.165, 1.54) is 0 Å². The molecule has 0 aliphatic heterocycles. The fourth-order valence-electron chi connectivity index (χ4n) is 1.39. The number of aromatic nitrogens is 2. The molecule has 0 bridgehead atoms. The zero-order valence-corrected chi connectivity index (χ0v) is 10.2. The first-order valence-corrected chi connectivity index (χ1v) is 5.55. The molecule has 1 heterocycles. The first-order chi connectivity index (χ1) is 7.11. The molecule has 0 radical (unpaired) electrons. The Balaban J connectivity index is 2.55. The molecule has 0 saturated heterocycles. The van der Waals surface area contributed by atoms with Gasteiger partial charge in [0.2, 0.25) is 5.88 Å². The van der Waals surface area contributed by atoms with Gasteiger partial charge in [0, 0.05) is 24.1 Å². The van der Waals surface area contributed by atoms with Gasteiger partial charge in [-0.25, -0.2) is 4.98 Å².